The number of hydrogen-bond donors (Lipinski definition) is 2. The van der Waals surface area contributed by atoms with E-state index in [4.69, 9.17) is 0 Å². The summed E-state index contributed by atoms with van der Waals surface area (Å²) < 4.78 is 13.8. The van der Waals surface area contributed by atoms with Gasteiger partial charge in [0.2, 0.25) is 0 Å². The number of guanidine groups is 1. The molecule has 4 nitrogen and oxygen atoms in total. The molecule has 0 aliphatic rings. The van der Waals surface area contributed by atoms with Crippen LogP contribution in [0.25, 0.3) is 0 Å². The summed E-state index contributed by atoms with van der Waals surface area (Å²) in [6, 6.07) is 5.58. The monoisotopic (exact) mass is 436 g/mol. The summed E-state index contributed by atoms with van der Waals surface area (Å²) in [7, 11) is 5.62. The normalized spacial score (nSPS) is 13.0. The average molecular weight is 436 g/mol. The van der Waals surface area contributed by atoms with Crippen LogP contribution >= 0.6 is 24.0 Å². The molecule has 0 saturated carbocycles. The summed E-state index contributed by atoms with van der Waals surface area (Å²) >= 11 is 0. The largest absolute Gasteiger partial charge is 0.354 e. The summed E-state index contributed by atoms with van der Waals surface area (Å²) in [5.41, 5.74) is 1.75. The van der Waals surface area contributed by atoms with Crippen LogP contribution in [0.3, 0.4) is 0 Å². The molecule has 0 saturated heterocycles. The van der Waals surface area contributed by atoms with Gasteiger partial charge in [-0.25, -0.2) is 4.39 Å². The first-order valence-corrected chi connectivity index (χ1v) is 7.72. The molecule has 1 aromatic rings. The fourth-order valence-electron chi connectivity index (χ4n) is 1.96. The molecule has 1 rings (SSSR count). The van der Waals surface area contributed by atoms with Crippen LogP contribution in [0, 0.1) is 11.7 Å². The van der Waals surface area contributed by atoms with E-state index in [1.807, 2.05) is 25.1 Å². The van der Waals surface area contributed by atoms with Gasteiger partial charge >= 0.3 is 0 Å². The minimum Gasteiger partial charge on any atom is -0.354 e. The Bertz CT molecular complexity index is 503. The molecular weight excluding hydrogens is 406 g/mol. The Kier molecular flexibility index (Phi) is 10.4. The lowest BCUT2D eigenvalue weighted by molar-refractivity contribution is 0.392. The van der Waals surface area contributed by atoms with E-state index < -0.39 is 0 Å². The third-order valence-electron chi connectivity index (χ3n) is 3.64. The first kappa shape index (κ1) is 22.1. The SMILES string of the molecule is CN=C(NCc1ccc(F)c(CN(C)C)c1)NC(C)C(C)C.I. The van der Waals surface area contributed by atoms with Gasteiger partial charge in [-0.2, -0.15) is 0 Å². The molecule has 23 heavy (non-hydrogen) atoms. The fraction of sp³-hybridized carbons (Fsp3) is 0.588. The lowest BCUT2D eigenvalue weighted by Gasteiger charge is -2.21. The summed E-state index contributed by atoms with van der Waals surface area (Å²) in [4.78, 5) is 6.18. The van der Waals surface area contributed by atoms with Gasteiger partial charge in [0.1, 0.15) is 5.82 Å². The van der Waals surface area contributed by atoms with Crippen LogP contribution in [0.15, 0.2) is 23.2 Å². The third-order valence-corrected chi connectivity index (χ3v) is 3.64. The van der Waals surface area contributed by atoms with Crippen molar-refractivity contribution in [3.05, 3.63) is 35.1 Å². The van der Waals surface area contributed by atoms with Crippen molar-refractivity contribution >= 4 is 29.9 Å². The standard InChI is InChI=1S/C17H29FN4.HI/c1-12(2)13(3)21-17(19-4)20-10-14-7-8-16(18)15(9-14)11-22(5)6;/h7-9,12-13H,10-11H2,1-6H3,(H2,19,20,21);1H. The Morgan fingerprint density at radius 2 is 1.91 bits per heavy atom. The summed E-state index contributed by atoms with van der Waals surface area (Å²) in [6.45, 7) is 7.67. The molecule has 0 aliphatic carbocycles. The van der Waals surface area contributed by atoms with Crippen molar-refractivity contribution in [2.75, 3.05) is 21.1 Å². The molecule has 6 heteroatoms. The van der Waals surface area contributed by atoms with Gasteiger partial charge in [-0.05, 0) is 44.6 Å². The highest BCUT2D eigenvalue weighted by atomic mass is 127. The van der Waals surface area contributed by atoms with Gasteiger partial charge in [0.05, 0.1) is 0 Å². The van der Waals surface area contributed by atoms with Crippen molar-refractivity contribution in [3.63, 3.8) is 0 Å². The van der Waals surface area contributed by atoms with Gasteiger partial charge in [-0.1, -0.05) is 19.9 Å². The van der Waals surface area contributed by atoms with E-state index in [-0.39, 0.29) is 29.8 Å². The fourth-order valence-corrected chi connectivity index (χ4v) is 1.96. The van der Waals surface area contributed by atoms with Crippen LogP contribution in [0.5, 0.6) is 0 Å². The number of rotatable bonds is 6. The van der Waals surface area contributed by atoms with Crippen LogP contribution < -0.4 is 10.6 Å². The summed E-state index contributed by atoms with van der Waals surface area (Å²) in [6.07, 6.45) is 0. The van der Waals surface area contributed by atoms with Crippen LogP contribution in [0.2, 0.25) is 0 Å². The molecule has 0 amide bonds. The lowest BCUT2D eigenvalue weighted by Crippen LogP contribution is -2.43. The molecular formula is C17H30FIN4. The number of aliphatic imine (C=N–C) groups is 1. The van der Waals surface area contributed by atoms with Crippen molar-refractivity contribution < 1.29 is 4.39 Å². The maximum atomic E-state index is 13.8. The van der Waals surface area contributed by atoms with E-state index >= 15 is 0 Å². The molecule has 0 heterocycles. The van der Waals surface area contributed by atoms with Crippen LogP contribution in [-0.2, 0) is 13.1 Å². The highest BCUT2D eigenvalue weighted by molar-refractivity contribution is 14.0. The Hall–Kier alpha value is -0.890. The number of benzene rings is 1. The summed E-state index contributed by atoms with van der Waals surface area (Å²) in [5.74, 6) is 1.13. The van der Waals surface area contributed by atoms with Gasteiger partial charge in [0.15, 0.2) is 5.96 Å². The second-order valence-electron chi connectivity index (χ2n) is 6.27. The van der Waals surface area contributed by atoms with E-state index in [0.29, 0.717) is 30.6 Å². The maximum absolute atomic E-state index is 13.8. The number of hydrogen-bond acceptors (Lipinski definition) is 2. The Morgan fingerprint density at radius 1 is 1.26 bits per heavy atom. The second kappa shape index (κ2) is 10.8. The Morgan fingerprint density at radius 3 is 2.43 bits per heavy atom. The van der Waals surface area contributed by atoms with Gasteiger partial charge in [-0.15, -0.1) is 24.0 Å². The van der Waals surface area contributed by atoms with Gasteiger partial charge in [0, 0.05) is 31.7 Å². The number of nitrogens with one attached hydrogen (secondary N) is 2. The molecule has 0 aromatic heterocycles. The molecule has 132 valence electrons. The van der Waals surface area contributed by atoms with Crippen molar-refractivity contribution in [1.29, 1.82) is 0 Å². The molecule has 1 atom stereocenters. The van der Waals surface area contributed by atoms with Gasteiger partial charge in [0.25, 0.3) is 0 Å². The van der Waals surface area contributed by atoms with Crippen LogP contribution in [0.4, 0.5) is 4.39 Å². The smallest absolute Gasteiger partial charge is 0.191 e. The van der Waals surface area contributed by atoms with E-state index in [1.54, 1.807) is 13.1 Å². The number of nitrogens with zero attached hydrogens (tertiary/aromatic N) is 2. The molecule has 2 N–H and O–H groups in total. The Labute approximate surface area is 157 Å². The molecule has 0 bridgehead atoms. The van der Waals surface area contributed by atoms with E-state index in [2.05, 4.69) is 36.4 Å². The lowest BCUT2D eigenvalue weighted by atomic mass is 10.1. The second-order valence-corrected chi connectivity index (χ2v) is 6.27. The van der Waals surface area contributed by atoms with E-state index in [9.17, 15) is 4.39 Å². The van der Waals surface area contributed by atoms with Crippen LogP contribution in [0.1, 0.15) is 31.9 Å². The third kappa shape index (κ3) is 7.97. The van der Waals surface area contributed by atoms with E-state index in [0.717, 1.165) is 11.5 Å². The minimum atomic E-state index is -0.159. The molecule has 0 fully saturated rings. The van der Waals surface area contributed by atoms with Crippen molar-refractivity contribution in [1.82, 2.24) is 15.5 Å². The average Bonchev–Trinajstić information content (AvgIpc) is 2.45. The van der Waals surface area contributed by atoms with Crippen molar-refractivity contribution in [2.45, 2.75) is 39.9 Å². The first-order chi connectivity index (χ1) is 10.3. The minimum absolute atomic E-state index is 0. The summed E-state index contributed by atoms with van der Waals surface area (Å²) in [5, 5.41) is 6.63. The highest BCUT2D eigenvalue weighted by Gasteiger charge is 2.09. The van der Waals surface area contributed by atoms with Crippen LogP contribution in [-0.4, -0.2) is 38.0 Å². The predicted molar refractivity (Wildman–Crippen MR) is 107 cm³/mol. The molecule has 0 radical (unpaired) electrons. The van der Waals surface area contributed by atoms with Gasteiger partial charge in [-0.3, -0.25) is 4.99 Å². The van der Waals surface area contributed by atoms with Crippen molar-refractivity contribution in [3.8, 4) is 0 Å². The van der Waals surface area contributed by atoms with Gasteiger partial charge < -0.3 is 15.5 Å². The molecule has 1 aromatic carbocycles. The first-order valence-electron chi connectivity index (χ1n) is 7.72. The molecule has 1 unspecified atom stereocenters. The quantitative estimate of drug-likeness (QED) is 0.409. The predicted octanol–water partition coefficient (Wildman–Crippen LogP) is 3.21. The zero-order chi connectivity index (χ0) is 16.7. The number of halogens is 2. The zero-order valence-corrected chi connectivity index (χ0v) is 17.3. The van der Waals surface area contributed by atoms with E-state index in [1.165, 1.54) is 6.07 Å². The topological polar surface area (TPSA) is 39.7 Å². The molecule has 0 spiro atoms. The molecule has 0 aliphatic heterocycles. The zero-order valence-electron chi connectivity index (χ0n) is 15.0. The van der Waals surface area contributed by atoms with Crippen molar-refractivity contribution in [2.24, 2.45) is 10.9 Å². The highest BCUT2D eigenvalue weighted by Crippen LogP contribution is 2.12. The Balaban J connectivity index is 0.00000484. The maximum Gasteiger partial charge on any atom is 0.191 e.